The first-order chi connectivity index (χ1) is 5.01. The van der Waals surface area contributed by atoms with Crippen LogP contribution in [0.3, 0.4) is 0 Å². The Morgan fingerprint density at radius 3 is 2.36 bits per heavy atom. The van der Waals surface area contributed by atoms with E-state index >= 15 is 0 Å². The lowest BCUT2D eigenvalue weighted by molar-refractivity contribution is -0.145. The molecule has 0 radical (unpaired) electrons. The molecule has 0 aromatic rings. The van der Waals surface area contributed by atoms with Crippen molar-refractivity contribution in [1.29, 1.82) is 0 Å². The Balaban J connectivity index is 2.47. The van der Waals surface area contributed by atoms with Crippen LogP contribution in [0.25, 0.3) is 0 Å². The van der Waals surface area contributed by atoms with Crippen molar-refractivity contribution < 1.29 is 9.53 Å². The number of hydrogen-bond acceptors (Lipinski definition) is 2. The lowest BCUT2D eigenvalue weighted by atomic mass is 10.1. The SMILES string of the molecule is CCOC(=O)C1C(Cl)C1(C)C. The minimum absolute atomic E-state index is 0.0402. The zero-order chi connectivity index (χ0) is 8.65. The number of carbonyl (C=O) groups excluding carboxylic acids is 1. The van der Waals surface area contributed by atoms with E-state index in [1.54, 1.807) is 6.92 Å². The van der Waals surface area contributed by atoms with Crippen LogP contribution in [0.1, 0.15) is 20.8 Å². The quantitative estimate of drug-likeness (QED) is 0.474. The molecule has 0 bridgehead atoms. The highest BCUT2D eigenvalue weighted by atomic mass is 35.5. The number of rotatable bonds is 2. The van der Waals surface area contributed by atoms with Crippen LogP contribution < -0.4 is 0 Å². The van der Waals surface area contributed by atoms with Gasteiger partial charge in [-0.1, -0.05) is 13.8 Å². The Labute approximate surface area is 71.9 Å². The summed E-state index contributed by atoms with van der Waals surface area (Å²) in [4.78, 5) is 11.1. The second-order valence-electron chi connectivity index (χ2n) is 3.45. The van der Waals surface area contributed by atoms with E-state index in [-0.39, 0.29) is 22.7 Å². The third kappa shape index (κ3) is 1.36. The molecule has 1 aliphatic carbocycles. The first-order valence-corrected chi connectivity index (χ1v) is 4.26. The maximum Gasteiger partial charge on any atom is 0.311 e. The fraction of sp³-hybridized carbons (Fsp3) is 0.875. The van der Waals surface area contributed by atoms with Gasteiger partial charge in [-0.25, -0.2) is 0 Å². The third-order valence-corrected chi connectivity index (χ3v) is 3.05. The van der Waals surface area contributed by atoms with Gasteiger partial charge in [0.15, 0.2) is 0 Å². The first-order valence-electron chi connectivity index (χ1n) is 3.82. The molecule has 0 spiro atoms. The zero-order valence-corrected chi connectivity index (χ0v) is 7.81. The standard InChI is InChI=1S/C8H13ClO2/c1-4-11-7(10)5-6(9)8(5,2)3/h5-6H,4H2,1-3H3. The van der Waals surface area contributed by atoms with E-state index < -0.39 is 0 Å². The number of ether oxygens (including phenoxy) is 1. The van der Waals surface area contributed by atoms with E-state index in [1.807, 2.05) is 13.8 Å². The second-order valence-corrected chi connectivity index (χ2v) is 3.92. The van der Waals surface area contributed by atoms with Gasteiger partial charge in [-0.15, -0.1) is 11.6 Å². The molecule has 1 saturated carbocycles. The van der Waals surface area contributed by atoms with Gasteiger partial charge in [0.1, 0.15) is 0 Å². The Kier molecular flexibility index (Phi) is 2.15. The van der Waals surface area contributed by atoms with Crippen LogP contribution in [0.4, 0.5) is 0 Å². The summed E-state index contributed by atoms with van der Waals surface area (Å²) in [5, 5.41) is -0.0402. The van der Waals surface area contributed by atoms with Gasteiger partial charge in [0.2, 0.25) is 0 Å². The molecule has 0 aliphatic heterocycles. The maximum atomic E-state index is 11.1. The van der Waals surface area contributed by atoms with Gasteiger partial charge in [-0.2, -0.15) is 0 Å². The molecular weight excluding hydrogens is 164 g/mol. The number of carbonyl (C=O) groups is 1. The van der Waals surface area contributed by atoms with E-state index in [0.717, 1.165) is 0 Å². The number of alkyl halides is 1. The van der Waals surface area contributed by atoms with Crippen LogP contribution in [-0.4, -0.2) is 18.0 Å². The number of esters is 1. The highest BCUT2D eigenvalue weighted by Gasteiger charge is 2.62. The minimum atomic E-state index is -0.155. The van der Waals surface area contributed by atoms with Crippen LogP contribution in [0.15, 0.2) is 0 Å². The molecule has 0 amide bonds. The van der Waals surface area contributed by atoms with Crippen molar-refractivity contribution in [1.82, 2.24) is 0 Å². The van der Waals surface area contributed by atoms with Gasteiger partial charge < -0.3 is 4.74 Å². The predicted octanol–water partition coefficient (Wildman–Crippen LogP) is 1.81. The molecule has 0 saturated heterocycles. The normalized spacial score (nSPS) is 33.1. The second kappa shape index (κ2) is 2.67. The molecule has 0 aromatic heterocycles. The van der Waals surface area contributed by atoms with E-state index in [0.29, 0.717) is 6.61 Å². The summed E-state index contributed by atoms with van der Waals surface area (Å²) >= 11 is 5.87. The third-order valence-electron chi connectivity index (χ3n) is 2.24. The van der Waals surface area contributed by atoms with Crippen molar-refractivity contribution in [2.24, 2.45) is 11.3 Å². The molecule has 64 valence electrons. The van der Waals surface area contributed by atoms with Crippen LogP contribution in [0.2, 0.25) is 0 Å². The summed E-state index contributed by atoms with van der Waals surface area (Å²) in [5.41, 5.74) is -0.0617. The van der Waals surface area contributed by atoms with Crippen molar-refractivity contribution in [3.8, 4) is 0 Å². The van der Waals surface area contributed by atoms with Gasteiger partial charge in [-0.05, 0) is 12.3 Å². The fourth-order valence-electron chi connectivity index (χ4n) is 1.23. The van der Waals surface area contributed by atoms with E-state index in [1.165, 1.54) is 0 Å². The van der Waals surface area contributed by atoms with Crippen molar-refractivity contribution in [2.75, 3.05) is 6.61 Å². The fourth-order valence-corrected chi connectivity index (χ4v) is 1.72. The summed E-state index contributed by atoms with van der Waals surface area (Å²) in [6, 6.07) is 0. The van der Waals surface area contributed by atoms with Crippen LogP contribution >= 0.6 is 11.6 Å². The molecule has 2 unspecified atom stereocenters. The Hall–Kier alpha value is -0.240. The van der Waals surface area contributed by atoms with Gasteiger partial charge in [-0.3, -0.25) is 4.79 Å². The van der Waals surface area contributed by atoms with Crippen molar-refractivity contribution in [3.63, 3.8) is 0 Å². The molecule has 2 atom stereocenters. The van der Waals surface area contributed by atoms with Crippen molar-refractivity contribution in [3.05, 3.63) is 0 Å². The van der Waals surface area contributed by atoms with Crippen LogP contribution in [-0.2, 0) is 9.53 Å². The topological polar surface area (TPSA) is 26.3 Å². The lowest BCUT2D eigenvalue weighted by Gasteiger charge is -2.01. The van der Waals surface area contributed by atoms with Crippen LogP contribution in [0.5, 0.6) is 0 Å². The smallest absolute Gasteiger partial charge is 0.311 e. The van der Waals surface area contributed by atoms with Crippen LogP contribution in [0, 0.1) is 11.3 Å². The molecule has 0 N–H and O–H groups in total. The van der Waals surface area contributed by atoms with Gasteiger partial charge in [0, 0.05) is 0 Å². The molecule has 2 nitrogen and oxygen atoms in total. The molecule has 0 heterocycles. The molecule has 1 aliphatic rings. The molecular formula is C8H13ClO2. The lowest BCUT2D eigenvalue weighted by Crippen LogP contribution is -2.10. The Bertz CT molecular complexity index is 177. The average Bonchev–Trinajstić information content (AvgIpc) is 2.34. The predicted molar refractivity (Wildman–Crippen MR) is 43.5 cm³/mol. The molecule has 11 heavy (non-hydrogen) atoms. The molecule has 0 aromatic carbocycles. The zero-order valence-electron chi connectivity index (χ0n) is 7.06. The van der Waals surface area contributed by atoms with Gasteiger partial charge in [0.25, 0.3) is 0 Å². The highest BCUT2D eigenvalue weighted by molar-refractivity contribution is 6.25. The van der Waals surface area contributed by atoms with Crippen molar-refractivity contribution >= 4 is 17.6 Å². The highest BCUT2D eigenvalue weighted by Crippen LogP contribution is 2.56. The maximum absolute atomic E-state index is 11.1. The van der Waals surface area contributed by atoms with E-state index in [2.05, 4.69) is 0 Å². The number of hydrogen-bond donors (Lipinski definition) is 0. The summed E-state index contributed by atoms with van der Waals surface area (Å²) in [6.45, 7) is 6.20. The Morgan fingerprint density at radius 1 is 1.64 bits per heavy atom. The largest absolute Gasteiger partial charge is 0.466 e. The Morgan fingerprint density at radius 2 is 2.09 bits per heavy atom. The minimum Gasteiger partial charge on any atom is -0.466 e. The summed E-state index contributed by atoms with van der Waals surface area (Å²) < 4.78 is 4.85. The van der Waals surface area contributed by atoms with E-state index in [9.17, 15) is 4.79 Å². The summed E-state index contributed by atoms with van der Waals surface area (Å²) in [5.74, 6) is -0.249. The monoisotopic (exact) mass is 176 g/mol. The average molecular weight is 177 g/mol. The first kappa shape index (κ1) is 8.85. The molecule has 1 rings (SSSR count). The van der Waals surface area contributed by atoms with E-state index in [4.69, 9.17) is 16.3 Å². The van der Waals surface area contributed by atoms with Gasteiger partial charge >= 0.3 is 5.97 Å². The summed E-state index contributed by atoms with van der Waals surface area (Å²) in [6.07, 6.45) is 0. The number of halogens is 1. The summed E-state index contributed by atoms with van der Waals surface area (Å²) in [7, 11) is 0. The molecule has 3 heteroatoms. The van der Waals surface area contributed by atoms with Crippen molar-refractivity contribution in [2.45, 2.75) is 26.1 Å². The molecule has 1 fully saturated rings. The van der Waals surface area contributed by atoms with Gasteiger partial charge in [0.05, 0.1) is 17.9 Å².